The number of ether oxygens (including phenoxy) is 2. The monoisotopic (exact) mass is 546 g/mol. The summed E-state index contributed by atoms with van der Waals surface area (Å²) in [5.41, 5.74) is 1.57. The maximum Gasteiger partial charge on any atom is 0.243 e. The largest absolute Gasteiger partial charge is 0.493 e. The van der Waals surface area contributed by atoms with Crippen molar-refractivity contribution in [2.75, 3.05) is 20.8 Å². The lowest BCUT2D eigenvalue weighted by molar-refractivity contribution is -0.122. The fourth-order valence-corrected chi connectivity index (χ4v) is 5.08. The zero-order valence-electron chi connectivity index (χ0n) is 19.2. The quantitative estimate of drug-likeness (QED) is 0.403. The van der Waals surface area contributed by atoms with Crippen molar-refractivity contribution in [2.24, 2.45) is 0 Å². The average Bonchev–Trinajstić information content (AvgIpc) is 2.84. The molecule has 180 valence electrons. The Hall–Kier alpha value is -2.88. The molecule has 0 aliphatic rings. The van der Waals surface area contributed by atoms with Crippen molar-refractivity contribution >= 4 is 31.9 Å². The highest BCUT2D eigenvalue weighted by molar-refractivity contribution is 9.10. The molecule has 0 fully saturated rings. The van der Waals surface area contributed by atoms with Crippen LogP contribution in [0.15, 0.2) is 82.2 Å². The van der Waals surface area contributed by atoms with Crippen molar-refractivity contribution in [3.05, 3.63) is 88.4 Å². The molecule has 0 bridgehead atoms. The summed E-state index contributed by atoms with van der Waals surface area (Å²) in [5, 5.41) is 2.88. The first-order chi connectivity index (χ1) is 16.2. The van der Waals surface area contributed by atoms with Gasteiger partial charge in [0.15, 0.2) is 11.5 Å². The van der Waals surface area contributed by atoms with E-state index in [9.17, 15) is 13.2 Å². The van der Waals surface area contributed by atoms with Gasteiger partial charge in [-0.15, -0.1) is 0 Å². The summed E-state index contributed by atoms with van der Waals surface area (Å²) < 4.78 is 39.4. The second-order valence-electron chi connectivity index (χ2n) is 7.62. The van der Waals surface area contributed by atoms with Gasteiger partial charge in [0, 0.05) is 11.0 Å². The molecule has 3 rings (SSSR count). The molecule has 1 amide bonds. The molecule has 0 heterocycles. The molecule has 9 heteroatoms. The Morgan fingerprint density at radius 3 is 2.24 bits per heavy atom. The highest BCUT2D eigenvalue weighted by Gasteiger charge is 2.27. The minimum atomic E-state index is -3.90. The van der Waals surface area contributed by atoms with Gasteiger partial charge in [0.1, 0.15) is 0 Å². The van der Waals surface area contributed by atoms with E-state index >= 15 is 0 Å². The van der Waals surface area contributed by atoms with E-state index in [0.717, 1.165) is 15.6 Å². The summed E-state index contributed by atoms with van der Waals surface area (Å²) in [6, 6.07) is 20.4. The number of sulfonamides is 1. The number of carbonyl (C=O) groups excluding carboxylic acids is 1. The van der Waals surface area contributed by atoms with Crippen molar-refractivity contribution in [1.29, 1.82) is 0 Å². The normalized spacial score (nSPS) is 12.3. The number of nitrogens with zero attached hydrogens (tertiary/aromatic N) is 1. The van der Waals surface area contributed by atoms with Crippen LogP contribution in [0.25, 0.3) is 0 Å². The van der Waals surface area contributed by atoms with Crippen molar-refractivity contribution in [1.82, 2.24) is 9.62 Å². The summed E-state index contributed by atoms with van der Waals surface area (Å²) in [6.45, 7) is 1.55. The molecule has 3 aromatic rings. The summed E-state index contributed by atoms with van der Waals surface area (Å²) in [6.07, 6.45) is 0. The van der Waals surface area contributed by atoms with Gasteiger partial charge in [-0.25, -0.2) is 8.42 Å². The molecular formula is C25H27BrN2O5S. The lowest BCUT2D eigenvalue weighted by Gasteiger charge is -2.23. The molecule has 0 spiro atoms. The topological polar surface area (TPSA) is 84.9 Å². The number of hydrogen-bond donors (Lipinski definition) is 1. The van der Waals surface area contributed by atoms with E-state index in [4.69, 9.17) is 9.47 Å². The first-order valence-corrected chi connectivity index (χ1v) is 12.8. The molecule has 1 atom stereocenters. The SMILES string of the molecule is COc1ccc([C@@H](C)NC(=O)CN(Cc2ccc(Br)cc2)S(=O)(=O)c2ccccc2)cc1OC. The fourth-order valence-electron chi connectivity index (χ4n) is 3.41. The molecule has 34 heavy (non-hydrogen) atoms. The van der Waals surface area contributed by atoms with Gasteiger partial charge < -0.3 is 14.8 Å². The fraction of sp³-hybridized carbons (Fsp3) is 0.240. The molecule has 0 unspecified atom stereocenters. The van der Waals surface area contributed by atoms with Crippen molar-refractivity contribution < 1.29 is 22.7 Å². The third-order valence-corrected chi connectivity index (χ3v) is 7.59. The van der Waals surface area contributed by atoms with Crippen LogP contribution in [0, 0.1) is 0 Å². The Morgan fingerprint density at radius 1 is 0.971 bits per heavy atom. The number of rotatable bonds is 10. The highest BCUT2D eigenvalue weighted by atomic mass is 79.9. The first-order valence-electron chi connectivity index (χ1n) is 10.6. The van der Waals surface area contributed by atoms with Gasteiger partial charge in [0.25, 0.3) is 0 Å². The van der Waals surface area contributed by atoms with E-state index in [2.05, 4.69) is 21.2 Å². The van der Waals surface area contributed by atoms with Crippen LogP contribution in [-0.4, -0.2) is 39.4 Å². The van der Waals surface area contributed by atoms with Gasteiger partial charge in [-0.2, -0.15) is 4.31 Å². The number of benzene rings is 3. The lowest BCUT2D eigenvalue weighted by Crippen LogP contribution is -2.41. The van der Waals surface area contributed by atoms with Gasteiger partial charge in [-0.1, -0.05) is 52.3 Å². The van der Waals surface area contributed by atoms with Gasteiger partial charge in [-0.05, 0) is 54.4 Å². The van der Waals surface area contributed by atoms with Crippen LogP contribution in [0.4, 0.5) is 0 Å². The standard InChI is InChI=1S/C25H27BrN2O5S/c1-18(20-11-14-23(32-2)24(15-20)33-3)27-25(29)17-28(16-19-9-12-21(26)13-10-19)34(30,31)22-7-5-4-6-8-22/h4-15,18H,16-17H2,1-3H3,(H,27,29)/t18-/m1/s1. The molecule has 7 nitrogen and oxygen atoms in total. The lowest BCUT2D eigenvalue weighted by atomic mass is 10.1. The summed E-state index contributed by atoms with van der Waals surface area (Å²) in [4.78, 5) is 13.1. The molecule has 0 aliphatic carbocycles. The molecule has 3 aromatic carbocycles. The molecule has 0 radical (unpaired) electrons. The Balaban J connectivity index is 1.81. The van der Waals surface area contributed by atoms with Crippen LogP contribution < -0.4 is 14.8 Å². The zero-order valence-corrected chi connectivity index (χ0v) is 21.6. The summed E-state index contributed by atoms with van der Waals surface area (Å²) in [5.74, 6) is 0.711. The number of methoxy groups -OCH3 is 2. The van der Waals surface area contributed by atoms with Gasteiger partial charge in [0.2, 0.25) is 15.9 Å². The predicted octanol–water partition coefficient (Wildman–Crippen LogP) is 4.53. The Labute approximate surface area is 208 Å². The minimum absolute atomic E-state index is 0.0582. The Bertz CT molecular complexity index is 1220. The number of carbonyl (C=O) groups is 1. The van der Waals surface area contributed by atoms with Gasteiger partial charge >= 0.3 is 0 Å². The van der Waals surface area contributed by atoms with Crippen LogP contribution in [0.1, 0.15) is 24.1 Å². The number of amides is 1. The summed E-state index contributed by atoms with van der Waals surface area (Å²) in [7, 11) is -0.808. The van der Waals surface area contributed by atoms with Crippen LogP contribution in [0.3, 0.4) is 0 Å². The first kappa shape index (κ1) is 25.7. The van der Waals surface area contributed by atoms with E-state index in [1.807, 2.05) is 37.3 Å². The van der Waals surface area contributed by atoms with Crippen molar-refractivity contribution in [3.8, 4) is 11.5 Å². The van der Waals surface area contributed by atoms with E-state index in [0.29, 0.717) is 11.5 Å². The van der Waals surface area contributed by atoms with Crippen LogP contribution in [0.2, 0.25) is 0 Å². The third kappa shape index (κ3) is 6.37. The number of halogens is 1. The second-order valence-corrected chi connectivity index (χ2v) is 10.5. The van der Waals surface area contributed by atoms with Crippen LogP contribution in [-0.2, 0) is 21.4 Å². The van der Waals surface area contributed by atoms with E-state index in [1.54, 1.807) is 44.6 Å². The molecule has 0 aromatic heterocycles. The van der Waals surface area contributed by atoms with E-state index < -0.39 is 15.9 Å². The minimum Gasteiger partial charge on any atom is -0.493 e. The molecule has 0 saturated carbocycles. The predicted molar refractivity (Wildman–Crippen MR) is 134 cm³/mol. The van der Waals surface area contributed by atoms with Crippen molar-refractivity contribution in [2.45, 2.75) is 24.4 Å². The van der Waals surface area contributed by atoms with Gasteiger partial charge in [-0.3, -0.25) is 4.79 Å². The second kappa shape index (κ2) is 11.5. The Morgan fingerprint density at radius 2 is 1.62 bits per heavy atom. The number of nitrogens with one attached hydrogen (secondary N) is 1. The maximum atomic E-state index is 13.4. The highest BCUT2D eigenvalue weighted by Crippen LogP contribution is 2.30. The van der Waals surface area contributed by atoms with E-state index in [1.165, 1.54) is 16.4 Å². The Kier molecular flexibility index (Phi) is 8.71. The van der Waals surface area contributed by atoms with Gasteiger partial charge in [0.05, 0.1) is 31.7 Å². The smallest absolute Gasteiger partial charge is 0.243 e. The van der Waals surface area contributed by atoms with Crippen LogP contribution >= 0.6 is 15.9 Å². The average molecular weight is 547 g/mol. The third-order valence-electron chi connectivity index (χ3n) is 5.26. The summed E-state index contributed by atoms with van der Waals surface area (Å²) >= 11 is 3.38. The van der Waals surface area contributed by atoms with Crippen LogP contribution in [0.5, 0.6) is 11.5 Å². The molecular weight excluding hydrogens is 520 g/mol. The molecule has 0 saturated heterocycles. The molecule has 0 aliphatic heterocycles. The van der Waals surface area contributed by atoms with Crippen molar-refractivity contribution in [3.63, 3.8) is 0 Å². The maximum absolute atomic E-state index is 13.4. The van der Waals surface area contributed by atoms with E-state index in [-0.39, 0.29) is 24.0 Å². The zero-order chi connectivity index (χ0) is 24.7. The number of hydrogen-bond acceptors (Lipinski definition) is 5. The molecule has 1 N–H and O–H groups in total.